The molecule has 3 N–H and O–H groups in total. The molecule has 3 aromatic heterocycles. The number of aromatic nitrogens is 4. The van der Waals surface area contributed by atoms with Gasteiger partial charge >= 0.3 is 0 Å². The Morgan fingerprint density at radius 2 is 0.800 bits per heavy atom. The summed E-state index contributed by atoms with van der Waals surface area (Å²) in [5, 5.41) is 3.06. The Morgan fingerprint density at radius 1 is 0.473 bits per heavy atom. The van der Waals surface area contributed by atoms with E-state index in [1.165, 1.54) is 0 Å². The molecule has 2 aliphatic heterocycles. The van der Waals surface area contributed by atoms with E-state index in [1.807, 2.05) is 44.2 Å². The van der Waals surface area contributed by atoms with Crippen molar-refractivity contribution in [3.05, 3.63) is 162 Å². The predicted molar refractivity (Wildman–Crippen MR) is 229 cm³/mol. The van der Waals surface area contributed by atoms with Gasteiger partial charge in [-0.2, -0.15) is 0 Å². The summed E-state index contributed by atoms with van der Waals surface area (Å²) < 4.78 is 0. The van der Waals surface area contributed by atoms with Gasteiger partial charge in [0.15, 0.2) is 0 Å². The number of hydrogen-bond acceptors (Lipinski definition) is 3. The van der Waals surface area contributed by atoms with Gasteiger partial charge in [0.1, 0.15) is 0 Å². The highest BCUT2D eigenvalue weighted by Crippen LogP contribution is 2.38. The van der Waals surface area contributed by atoms with Crippen LogP contribution in [0.15, 0.2) is 140 Å². The maximum atomic E-state index is 12.6. The summed E-state index contributed by atoms with van der Waals surface area (Å²) in [5.74, 6) is 0.287. The van der Waals surface area contributed by atoms with E-state index < -0.39 is 0 Å². The third-order valence-corrected chi connectivity index (χ3v) is 9.99. The molecule has 2 aliphatic rings. The van der Waals surface area contributed by atoms with E-state index in [4.69, 9.17) is 9.97 Å². The smallest absolute Gasteiger partial charge is 0.224 e. The van der Waals surface area contributed by atoms with Crippen LogP contribution >= 0.6 is 0 Å². The second-order valence-corrected chi connectivity index (χ2v) is 14.3. The number of anilines is 1. The molecule has 6 heteroatoms. The maximum absolute atomic E-state index is 12.6. The first-order chi connectivity index (χ1) is 27.0. The first-order valence-electron chi connectivity index (χ1n) is 18.7. The Hall–Kier alpha value is -7.05. The molecule has 6 nitrogen and oxygen atoms in total. The molecule has 0 aliphatic carbocycles. The Kier molecular flexibility index (Phi) is 8.84. The second-order valence-electron chi connectivity index (χ2n) is 14.3. The third-order valence-electron chi connectivity index (χ3n) is 9.99. The highest BCUT2D eigenvalue weighted by Gasteiger charge is 2.19. The van der Waals surface area contributed by atoms with E-state index in [2.05, 4.69) is 149 Å². The molecule has 1 amide bonds. The molecule has 5 heterocycles. The van der Waals surface area contributed by atoms with Crippen LogP contribution in [0.4, 0.5) is 5.69 Å². The molecule has 0 atom stereocenters. The maximum Gasteiger partial charge on any atom is 0.224 e. The number of H-pyrrole nitrogens is 2. The van der Waals surface area contributed by atoms with E-state index >= 15 is 0 Å². The molecule has 4 aromatic carbocycles. The van der Waals surface area contributed by atoms with Crippen LogP contribution in [0.5, 0.6) is 0 Å². The zero-order valence-corrected chi connectivity index (χ0v) is 30.7. The van der Waals surface area contributed by atoms with Crippen LogP contribution in [0.2, 0.25) is 0 Å². The number of nitrogens with one attached hydrogen (secondary N) is 3. The van der Waals surface area contributed by atoms with Gasteiger partial charge < -0.3 is 15.3 Å². The number of carbonyl (C=O) groups excluding carboxylic acids is 1. The molecule has 7 aromatic rings. The molecular formula is C49H39N5O. The number of benzene rings is 4. The lowest BCUT2D eigenvalue weighted by molar-refractivity contribution is -0.116. The van der Waals surface area contributed by atoms with Crippen LogP contribution in [0.25, 0.3) is 90.9 Å². The average molecular weight is 714 g/mol. The molecule has 0 spiro atoms. The Labute approximate surface area is 320 Å². The molecule has 0 saturated heterocycles. The van der Waals surface area contributed by atoms with Crippen LogP contribution in [0.1, 0.15) is 43.0 Å². The van der Waals surface area contributed by atoms with Crippen molar-refractivity contribution >= 4 is 58.0 Å². The molecule has 0 radical (unpaired) electrons. The van der Waals surface area contributed by atoms with Crippen LogP contribution in [0.3, 0.4) is 0 Å². The Morgan fingerprint density at radius 3 is 1.13 bits per heavy atom. The fraction of sp³-hybridized carbons (Fsp3) is 0.0816. The first kappa shape index (κ1) is 33.8. The number of carbonyl (C=O) groups is 1. The Bertz CT molecular complexity index is 2740. The van der Waals surface area contributed by atoms with E-state index in [0.29, 0.717) is 6.42 Å². The zero-order chi connectivity index (χ0) is 37.3. The van der Waals surface area contributed by atoms with Crippen molar-refractivity contribution in [1.29, 1.82) is 0 Å². The van der Waals surface area contributed by atoms with E-state index in [9.17, 15) is 4.79 Å². The molecule has 9 rings (SSSR count). The lowest BCUT2D eigenvalue weighted by atomic mass is 10.0. The normalized spacial score (nSPS) is 12.0. The van der Waals surface area contributed by atoms with Gasteiger partial charge in [-0.05, 0) is 88.9 Å². The summed E-state index contributed by atoms with van der Waals surface area (Å²) in [6, 6.07) is 47.9. The van der Waals surface area contributed by atoms with Crippen molar-refractivity contribution in [2.75, 3.05) is 5.32 Å². The van der Waals surface area contributed by atoms with Gasteiger partial charge in [0.2, 0.25) is 5.91 Å². The number of nitrogens with zero attached hydrogens (tertiary/aromatic N) is 2. The predicted octanol–water partition coefficient (Wildman–Crippen LogP) is 12.3. The van der Waals surface area contributed by atoms with Gasteiger partial charge in [0.05, 0.1) is 22.8 Å². The monoisotopic (exact) mass is 713 g/mol. The molecular weight excluding hydrogens is 675 g/mol. The van der Waals surface area contributed by atoms with Crippen molar-refractivity contribution in [2.24, 2.45) is 5.92 Å². The number of amides is 1. The molecule has 0 unspecified atom stereocenters. The van der Waals surface area contributed by atoms with Crippen molar-refractivity contribution in [2.45, 2.75) is 20.3 Å². The van der Waals surface area contributed by atoms with Crippen molar-refractivity contribution in [1.82, 2.24) is 19.9 Å². The van der Waals surface area contributed by atoms with E-state index in [1.54, 1.807) is 0 Å². The zero-order valence-electron chi connectivity index (χ0n) is 30.7. The Balaban J connectivity index is 1.38. The van der Waals surface area contributed by atoms with Gasteiger partial charge in [0, 0.05) is 56.4 Å². The van der Waals surface area contributed by atoms with Gasteiger partial charge in [-0.25, -0.2) is 9.97 Å². The largest absolute Gasteiger partial charge is 0.354 e. The van der Waals surface area contributed by atoms with Crippen molar-refractivity contribution in [3.63, 3.8) is 0 Å². The van der Waals surface area contributed by atoms with Gasteiger partial charge in [-0.3, -0.25) is 4.79 Å². The number of fused-ring (bicyclic) bond motifs is 8. The summed E-state index contributed by atoms with van der Waals surface area (Å²) in [6.07, 6.45) is 8.91. The summed E-state index contributed by atoms with van der Waals surface area (Å²) >= 11 is 0. The van der Waals surface area contributed by atoms with Gasteiger partial charge in [-0.1, -0.05) is 117 Å². The fourth-order valence-corrected chi connectivity index (χ4v) is 7.54. The second kappa shape index (κ2) is 14.4. The summed E-state index contributed by atoms with van der Waals surface area (Å²) in [6.45, 7) is 4.09. The molecule has 55 heavy (non-hydrogen) atoms. The third kappa shape index (κ3) is 6.70. The minimum atomic E-state index is 0.00895. The summed E-state index contributed by atoms with van der Waals surface area (Å²) in [7, 11) is 0. The summed E-state index contributed by atoms with van der Waals surface area (Å²) in [5.41, 5.74) is 16.1. The van der Waals surface area contributed by atoms with Gasteiger partial charge in [-0.15, -0.1) is 0 Å². The molecule has 0 fully saturated rings. The quantitative estimate of drug-likeness (QED) is 0.154. The fourth-order valence-electron chi connectivity index (χ4n) is 7.54. The highest BCUT2D eigenvalue weighted by molar-refractivity contribution is 6.00. The van der Waals surface area contributed by atoms with Crippen LogP contribution < -0.4 is 5.32 Å². The highest BCUT2D eigenvalue weighted by atomic mass is 16.1. The lowest BCUT2D eigenvalue weighted by Crippen LogP contribution is -2.13. The van der Waals surface area contributed by atoms with E-state index in [-0.39, 0.29) is 11.8 Å². The standard InChI is InChI=1S/C49H39N5O/c1-31(2)30-45(55)50-36-20-18-35(19-21-36)49-43-28-26-41(53-43)47(33-14-8-4-9-15-33)39-24-22-37(51-39)46(32-12-6-3-7-13-32)38-23-25-40(52-38)48(34-16-10-5-11-17-34)42-27-29-44(49)54-42/h3-29,31,51,54H,30H2,1-2H3,(H,50,55). The minimum Gasteiger partial charge on any atom is -0.354 e. The van der Waals surface area contributed by atoms with Crippen molar-refractivity contribution in [3.8, 4) is 44.5 Å². The number of aromatic amines is 2. The number of rotatable bonds is 7. The van der Waals surface area contributed by atoms with Crippen LogP contribution in [-0.4, -0.2) is 25.8 Å². The topological polar surface area (TPSA) is 86.5 Å². The SMILES string of the molecule is CC(C)CC(=O)Nc1ccc(-c2c3nc(c(-c4ccccc4)c4ccc([nH]4)c(-c4ccccc4)c4nc(c(-c5ccccc5)c5ccc2[nH]5)C=C4)C=C3)cc1. The lowest BCUT2D eigenvalue weighted by Gasteiger charge is -2.09. The van der Waals surface area contributed by atoms with Crippen molar-refractivity contribution < 1.29 is 4.79 Å². The summed E-state index contributed by atoms with van der Waals surface area (Å²) in [4.78, 5) is 31.0. The van der Waals surface area contributed by atoms with E-state index in [0.717, 1.165) is 95.0 Å². The molecule has 266 valence electrons. The molecule has 0 saturated carbocycles. The first-order valence-corrected chi connectivity index (χ1v) is 18.7. The molecule has 8 bridgehead atoms. The van der Waals surface area contributed by atoms with Crippen LogP contribution in [-0.2, 0) is 4.79 Å². The number of hydrogen-bond donors (Lipinski definition) is 3. The van der Waals surface area contributed by atoms with Crippen LogP contribution in [0, 0.1) is 5.92 Å². The van der Waals surface area contributed by atoms with Gasteiger partial charge in [0.25, 0.3) is 0 Å². The minimum absolute atomic E-state index is 0.00895. The average Bonchev–Trinajstić information content (AvgIpc) is 4.04.